The fourth-order valence-corrected chi connectivity index (χ4v) is 3.08. The van der Waals surface area contributed by atoms with E-state index in [1.165, 1.54) is 12.1 Å². The number of likely N-dealkylation sites (tertiary alicyclic amines) is 1. The number of nitrogens with zero attached hydrogens (tertiary/aromatic N) is 1. The molecule has 0 spiro atoms. The molecule has 2 aromatic carbocycles. The van der Waals surface area contributed by atoms with Crippen molar-refractivity contribution in [2.45, 2.75) is 26.1 Å². The van der Waals surface area contributed by atoms with Gasteiger partial charge < -0.3 is 10.2 Å². The highest BCUT2D eigenvalue weighted by Gasteiger charge is 2.34. The first kappa shape index (κ1) is 18.9. The van der Waals surface area contributed by atoms with Crippen LogP contribution in [0.25, 0.3) is 0 Å². The van der Waals surface area contributed by atoms with Crippen molar-refractivity contribution in [3.8, 4) is 0 Å². The van der Waals surface area contributed by atoms with E-state index in [1.807, 2.05) is 31.2 Å². The zero-order valence-corrected chi connectivity index (χ0v) is 14.7. The lowest BCUT2D eigenvalue weighted by Crippen LogP contribution is -2.28. The van der Waals surface area contributed by atoms with Crippen LogP contribution in [0.3, 0.4) is 0 Å². The summed E-state index contributed by atoms with van der Waals surface area (Å²) in [5.41, 5.74) is 1.59. The SMILES string of the molecule is Cc1ccccc1CN1CC(C(=O)Nc2ccc(C(F)(F)F)cc2)CC1=O. The molecule has 1 aliphatic rings. The Morgan fingerprint density at radius 3 is 2.44 bits per heavy atom. The second-order valence-electron chi connectivity index (χ2n) is 6.67. The van der Waals surface area contributed by atoms with Gasteiger partial charge in [0, 0.05) is 25.2 Å². The molecule has 3 rings (SSSR count). The summed E-state index contributed by atoms with van der Waals surface area (Å²) >= 11 is 0. The molecule has 27 heavy (non-hydrogen) atoms. The Morgan fingerprint density at radius 2 is 1.81 bits per heavy atom. The fourth-order valence-electron chi connectivity index (χ4n) is 3.08. The monoisotopic (exact) mass is 376 g/mol. The smallest absolute Gasteiger partial charge is 0.338 e. The summed E-state index contributed by atoms with van der Waals surface area (Å²) in [6.07, 6.45) is -4.32. The molecule has 4 nitrogen and oxygen atoms in total. The molecule has 1 unspecified atom stereocenters. The lowest BCUT2D eigenvalue weighted by molar-refractivity contribution is -0.137. The number of nitrogens with one attached hydrogen (secondary N) is 1. The summed E-state index contributed by atoms with van der Waals surface area (Å²) in [4.78, 5) is 26.3. The zero-order valence-electron chi connectivity index (χ0n) is 14.7. The first-order chi connectivity index (χ1) is 12.7. The molecule has 0 aliphatic carbocycles. The summed E-state index contributed by atoms with van der Waals surface area (Å²) < 4.78 is 37.8. The average Bonchev–Trinajstić information content (AvgIpc) is 2.97. The van der Waals surface area contributed by atoms with Crippen LogP contribution in [0.15, 0.2) is 48.5 Å². The molecule has 0 saturated carbocycles. The molecule has 0 bridgehead atoms. The van der Waals surface area contributed by atoms with E-state index in [9.17, 15) is 22.8 Å². The van der Waals surface area contributed by atoms with E-state index in [-0.39, 0.29) is 23.9 Å². The van der Waals surface area contributed by atoms with Gasteiger partial charge >= 0.3 is 6.18 Å². The molecular weight excluding hydrogens is 357 g/mol. The van der Waals surface area contributed by atoms with Gasteiger partial charge in [0.05, 0.1) is 11.5 Å². The third kappa shape index (κ3) is 4.48. The molecule has 1 aliphatic heterocycles. The van der Waals surface area contributed by atoms with E-state index >= 15 is 0 Å². The van der Waals surface area contributed by atoms with Crippen molar-refractivity contribution in [1.82, 2.24) is 4.90 Å². The number of carbonyl (C=O) groups is 2. The Hall–Kier alpha value is -2.83. The predicted molar refractivity (Wildman–Crippen MR) is 94.8 cm³/mol. The minimum Gasteiger partial charge on any atom is -0.338 e. The summed E-state index contributed by atoms with van der Waals surface area (Å²) in [5.74, 6) is -0.995. The molecule has 1 N–H and O–H groups in total. The molecule has 0 radical (unpaired) electrons. The normalized spacial score (nSPS) is 17.3. The molecular formula is C20H19F3N2O2. The third-order valence-electron chi connectivity index (χ3n) is 4.69. The van der Waals surface area contributed by atoms with Crippen LogP contribution < -0.4 is 5.32 Å². The minimum atomic E-state index is -4.42. The van der Waals surface area contributed by atoms with Crippen molar-refractivity contribution in [3.05, 3.63) is 65.2 Å². The second kappa shape index (κ2) is 7.42. The van der Waals surface area contributed by atoms with Crippen LogP contribution >= 0.6 is 0 Å². The van der Waals surface area contributed by atoms with Crippen molar-refractivity contribution in [1.29, 1.82) is 0 Å². The van der Waals surface area contributed by atoms with Crippen LogP contribution in [-0.4, -0.2) is 23.3 Å². The van der Waals surface area contributed by atoms with Crippen molar-refractivity contribution < 1.29 is 22.8 Å². The summed E-state index contributed by atoms with van der Waals surface area (Å²) in [7, 11) is 0. The number of halogens is 3. The van der Waals surface area contributed by atoms with E-state index in [1.54, 1.807) is 4.90 Å². The Labute approximate surface area is 155 Å². The number of anilines is 1. The Bertz CT molecular complexity index is 847. The standard InChI is InChI=1S/C20H19F3N2O2/c1-13-4-2-3-5-14(13)11-25-12-15(10-18(25)26)19(27)24-17-8-6-16(7-9-17)20(21,22)23/h2-9,15H,10-12H2,1H3,(H,24,27). The van der Waals surface area contributed by atoms with Crippen LogP contribution in [0.5, 0.6) is 0 Å². The maximum atomic E-state index is 12.6. The minimum absolute atomic E-state index is 0.0956. The topological polar surface area (TPSA) is 49.4 Å². The van der Waals surface area contributed by atoms with Crippen LogP contribution in [0.1, 0.15) is 23.1 Å². The first-order valence-corrected chi connectivity index (χ1v) is 8.54. The van der Waals surface area contributed by atoms with Gasteiger partial charge in [-0.3, -0.25) is 9.59 Å². The predicted octanol–water partition coefficient (Wildman–Crippen LogP) is 4.00. The maximum absolute atomic E-state index is 12.6. The number of alkyl halides is 3. The van der Waals surface area contributed by atoms with Gasteiger partial charge in [-0.25, -0.2) is 0 Å². The van der Waals surface area contributed by atoms with Crippen LogP contribution in [0, 0.1) is 12.8 Å². The van der Waals surface area contributed by atoms with Gasteiger partial charge in [-0.05, 0) is 42.3 Å². The van der Waals surface area contributed by atoms with Gasteiger partial charge in [0.15, 0.2) is 0 Å². The molecule has 142 valence electrons. The highest BCUT2D eigenvalue weighted by atomic mass is 19.4. The van der Waals surface area contributed by atoms with Gasteiger partial charge in [-0.15, -0.1) is 0 Å². The molecule has 0 aromatic heterocycles. The van der Waals surface area contributed by atoms with E-state index < -0.39 is 17.7 Å². The molecule has 1 heterocycles. The van der Waals surface area contributed by atoms with Crippen molar-refractivity contribution >= 4 is 17.5 Å². The molecule has 1 atom stereocenters. The second-order valence-corrected chi connectivity index (χ2v) is 6.67. The van der Waals surface area contributed by atoms with Crippen molar-refractivity contribution in [2.75, 3.05) is 11.9 Å². The first-order valence-electron chi connectivity index (χ1n) is 8.54. The molecule has 1 saturated heterocycles. The summed E-state index contributed by atoms with van der Waals surface area (Å²) in [6.45, 7) is 2.69. The average molecular weight is 376 g/mol. The molecule has 2 aromatic rings. The summed E-state index contributed by atoms with van der Waals surface area (Å²) in [5, 5.41) is 2.59. The van der Waals surface area contributed by atoms with E-state index in [0.29, 0.717) is 13.1 Å². The fraction of sp³-hybridized carbons (Fsp3) is 0.300. The lowest BCUT2D eigenvalue weighted by Gasteiger charge is -2.18. The van der Waals surface area contributed by atoms with Gasteiger partial charge in [0.25, 0.3) is 0 Å². The van der Waals surface area contributed by atoms with Crippen molar-refractivity contribution in [2.24, 2.45) is 5.92 Å². The van der Waals surface area contributed by atoms with E-state index in [0.717, 1.165) is 23.3 Å². The Morgan fingerprint density at radius 1 is 1.15 bits per heavy atom. The van der Waals surface area contributed by atoms with Crippen molar-refractivity contribution in [3.63, 3.8) is 0 Å². The van der Waals surface area contributed by atoms with Crippen LogP contribution in [0.2, 0.25) is 0 Å². The van der Waals surface area contributed by atoms with Gasteiger partial charge in [-0.2, -0.15) is 13.2 Å². The lowest BCUT2D eigenvalue weighted by atomic mass is 10.1. The number of benzene rings is 2. The summed E-state index contributed by atoms with van der Waals surface area (Å²) in [6, 6.07) is 12.0. The molecule has 7 heteroatoms. The van der Waals surface area contributed by atoms with Crippen LogP contribution in [-0.2, 0) is 22.3 Å². The van der Waals surface area contributed by atoms with Gasteiger partial charge in [-0.1, -0.05) is 24.3 Å². The zero-order chi connectivity index (χ0) is 19.6. The Kier molecular flexibility index (Phi) is 5.21. The number of aryl methyl sites for hydroxylation is 1. The maximum Gasteiger partial charge on any atom is 0.416 e. The molecule has 2 amide bonds. The number of rotatable bonds is 4. The van der Waals surface area contributed by atoms with E-state index in [2.05, 4.69) is 5.32 Å². The number of hydrogen-bond donors (Lipinski definition) is 1. The van der Waals surface area contributed by atoms with Gasteiger partial charge in [0.1, 0.15) is 0 Å². The largest absolute Gasteiger partial charge is 0.416 e. The van der Waals surface area contributed by atoms with Crippen LogP contribution in [0.4, 0.5) is 18.9 Å². The Balaban J connectivity index is 1.61. The van der Waals surface area contributed by atoms with E-state index in [4.69, 9.17) is 0 Å². The molecule has 1 fully saturated rings. The highest BCUT2D eigenvalue weighted by molar-refractivity contribution is 5.97. The van der Waals surface area contributed by atoms with Gasteiger partial charge in [0.2, 0.25) is 11.8 Å². The number of hydrogen-bond acceptors (Lipinski definition) is 2. The quantitative estimate of drug-likeness (QED) is 0.877. The highest BCUT2D eigenvalue weighted by Crippen LogP contribution is 2.30. The number of amides is 2. The number of carbonyl (C=O) groups excluding carboxylic acids is 2. The third-order valence-corrected chi connectivity index (χ3v) is 4.69.